The van der Waals surface area contributed by atoms with Crippen LogP contribution >= 0.6 is 0 Å². The molecule has 3 rings (SSSR count). The number of aromatic nitrogens is 6. The molecule has 8 heteroatoms. The Morgan fingerprint density at radius 1 is 1.21 bits per heavy atom. The van der Waals surface area contributed by atoms with Crippen molar-refractivity contribution in [1.82, 2.24) is 30.5 Å². The third kappa shape index (κ3) is 1.90. The van der Waals surface area contributed by atoms with Gasteiger partial charge in [-0.2, -0.15) is 10.1 Å². The molecular formula is C11H12N6O2. The Morgan fingerprint density at radius 2 is 2.05 bits per heavy atom. The fourth-order valence-corrected chi connectivity index (χ4v) is 1.78. The minimum Gasteiger partial charge on any atom is -0.360 e. The first-order valence-electron chi connectivity index (χ1n) is 5.82. The van der Waals surface area contributed by atoms with E-state index in [4.69, 9.17) is 9.05 Å². The Labute approximate surface area is 108 Å². The number of hydrogen-bond acceptors (Lipinski definition) is 7. The average molecular weight is 260 g/mol. The van der Waals surface area contributed by atoms with Gasteiger partial charge in [-0.15, -0.1) is 0 Å². The van der Waals surface area contributed by atoms with Crippen LogP contribution in [0.3, 0.4) is 0 Å². The van der Waals surface area contributed by atoms with E-state index in [1.807, 2.05) is 20.8 Å². The molecule has 0 amide bonds. The molecule has 0 saturated heterocycles. The van der Waals surface area contributed by atoms with E-state index in [1.54, 1.807) is 0 Å². The second-order valence-electron chi connectivity index (χ2n) is 4.42. The summed E-state index contributed by atoms with van der Waals surface area (Å²) in [5.41, 5.74) is 1.46. The highest BCUT2D eigenvalue weighted by Crippen LogP contribution is 2.31. The molecule has 0 fully saturated rings. The van der Waals surface area contributed by atoms with Gasteiger partial charge in [-0.05, 0) is 6.92 Å². The van der Waals surface area contributed by atoms with Crippen molar-refractivity contribution in [3.63, 3.8) is 0 Å². The van der Waals surface area contributed by atoms with Gasteiger partial charge < -0.3 is 9.05 Å². The predicted octanol–water partition coefficient (Wildman–Crippen LogP) is 1.94. The maximum atomic E-state index is 5.30. The lowest BCUT2D eigenvalue weighted by molar-refractivity contribution is 0.367. The van der Waals surface area contributed by atoms with Crippen LogP contribution in [-0.2, 0) is 0 Å². The molecule has 98 valence electrons. The zero-order valence-electron chi connectivity index (χ0n) is 10.7. The smallest absolute Gasteiger partial charge is 0.263 e. The van der Waals surface area contributed by atoms with Crippen molar-refractivity contribution in [2.75, 3.05) is 0 Å². The molecule has 0 aliphatic rings. The second kappa shape index (κ2) is 4.30. The van der Waals surface area contributed by atoms with Crippen molar-refractivity contribution < 1.29 is 9.05 Å². The Bertz CT molecular complexity index is 682. The molecule has 0 saturated carbocycles. The third-order valence-electron chi connectivity index (χ3n) is 2.68. The van der Waals surface area contributed by atoms with Crippen molar-refractivity contribution in [3.8, 4) is 23.1 Å². The fourth-order valence-electron chi connectivity index (χ4n) is 1.78. The van der Waals surface area contributed by atoms with E-state index in [0.29, 0.717) is 17.5 Å². The van der Waals surface area contributed by atoms with Crippen LogP contribution in [0, 0.1) is 6.92 Å². The van der Waals surface area contributed by atoms with E-state index < -0.39 is 0 Å². The molecule has 3 heterocycles. The van der Waals surface area contributed by atoms with Gasteiger partial charge in [0, 0.05) is 5.92 Å². The summed E-state index contributed by atoms with van der Waals surface area (Å²) in [5, 5.41) is 14.2. The van der Waals surface area contributed by atoms with Gasteiger partial charge in [-0.3, -0.25) is 5.10 Å². The molecule has 19 heavy (non-hydrogen) atoms. The molecule has 1 N–H and O–H groups in total. The molecule has 3 aromatic heterocycles. The molecule has 0 bridgehead atoms. The molecule has 0 atom stereocenters. The van der Waals surface area contributed by atoms with Crippen molar-refractivity contribution in [2.45, 2.75) is 26.7 Å². The average Bonchev–Trinajstić information content (AvgIpc) is 3.07. The molecule has 0 aliphatic heterocycles. The highest BCUT2D eigenvalue weighted by molar-refractivity contribution is 5.61. The van der Waals surface area contributed by atoms with E-state index in [1.165, 1.54) is 6.33 Å². The highest BCUT2D eigenvalue weighted by atomic mass is 16.5. The zero-order valence-corrected chi connectivity index (χ0v) is 10.7. The summed E-state index contributed by atoms with van der Waals surface area (Å²) in [5.74, 6) is 2.08. The number of hydrogen-bond donors (Lipinski definition) is 1. The zero-order chi connectivity index (χ0) is 13.4. The fraction of sp³-hybridized carbons (Fsp3) is 0.364. The summed E-state index contributed by atoms with van der Waals surface area (Å²) < 4.78 is 10.6. The molecule has 8 nitrogen and oxygen atoms in total. The van der Waals surface area contributed by atoms with Crippen molar-refractivity contribution in [2.24, 2.45) is 0 Å². The summed E-state index contributed by atoms with van der Waals surface area (Å²) >= 11 is 0. The predicted molar refractivity (Wildman–Crippen MR) is 64.0 cm³/mol. The highest BCUT2D eigenvalue weighted by Gasteiger charge is 2.23. The van der Waals surface area contributed by atoms with Gasteiger partial charge in [-0.25, -0.2) is 4.98 Å². The van der Waals surface area contributed by atoms with Crippen LogP contribution in [0.4, 0.5) is 0 Å². The van der Waals surface area contributed by atoms with E-state index >= 15 is 0 Å². The molecule has 3 aromatic rings. The van der Waals surface area contributed by atoms with Crippen LogP contribution in [0.1, 0.15) is 31.2 Å². The van der Waals surface area contributed by atoms with Crippen LogP contribution in [0.15, 0.2) is 15.4 Å². The first kappa shape index (κ1) is 11.6. The molecule has 0 aliphatic carbocycles. The molecule has 0 aromatic carbocycles. The van der Waals surface area contributed by atoms with Gasteiger partial charge >= 0.3 is 0 Å². The molecule has 0 spiro atoms. The quantitative estimate of drug-likeness (QED) is 0.766. The third-order valence-corrected chi connectivity index (χ3v) is 2.68. The van der Waals surface area contributed by atoms with E-state index in [0.717, 1.165) is 17.0 Å². The standard InChI is InChI=1S/C11H12N6O2/c1-5(2)8-7(6(3)16-18-8)11-14-10(17-19-11)9-12-4-13-15-9/h4-5H,1-3H3,(H,12,13,15). The maximum Gasteiger partial charge on any atom is 0.263 e. The Hall–Kier alpha value is -2.51. The number of rotatable bonds is 3. The molecular weight excluding hydrogens is 248 g/mol. The van der Waals surface area contributed by atoms with Crippen molar-refractivity contribution >= 4 is 0 Å². The molecule has 0 unspecified atom stereocenters. The van der Waals surface area contributed by atoms with Gasteiger partial charge in [0.2, 0.25) is 5.82 Å². The van der Waals surface area contributed by atoms with Crippen molar-refractivity contribution in [1.29, 1.82) is 0 Å². The van der Waals surface area contributed by atoms with Gasteiger partial charge in [-0.1, -0.05) is 24.2 Å². The summed E-state index contributed by atoms with van der Waals surface area (Å²) in [6.45, 7) is 5.86. The van der Waals surface area contributed by atoms with E-state index in [9.17, 15) is 0 Å². The molecule has 0 radical (unpaired) electrons. The Morgan fingerprint density at radius 3 is 2.74 bits per heavy atom. The summed E-state index contributed by atoms with van der Waals surface area (Å²) in [4.78, 5) is 8.26. The lowest BCUT2D eigenvalue weighted by Crippen LogP contribution is -1.90. The lowest BCUT2D eigenvalue weighted by atomic mass is 10.1. The summed E-state index contributed by atoms with van der Waals surface area (Å²) in [6.07, 6.45) is 1.38. The van der Waals surface area contributed by atoms with Crippen LogP contribution in [0.5, 0.6) is 0 Å². The normalized spacial score (nSPS) is 11.4. The number of aryl methyl sites for hydroxylation is 1. The van der Waals surface area contributed by atoms with Gasteiger partial charge in [0.05, 0.1) is 5.69 Å². The minimum absolute atomic E-state index is 0.178. The lowest BCUT2D eigenvalue weighted by Gasteiger charge is -1.99. The summed E-state index contributed by atoms with van der Waals surface area (Å²) in [7, 11) is 0. The maximum absolute atomic E-state index is 5.30. The Kier molecular flexibility index (Phi) is 2.62. The second-order valence-corrected chi connectivity index (χ2v) is 4.42. The van der Waals surface area contributed by atoms with Gasteiger partial charge in [0.1, 0.15) is 11.9 Å². The van der Waals surface area contributed by atoms with Crippen LogP contribution < -0.4 is 0 Å². The number of nitrogens with one attached hydrogen (secondary N) is 1. The minimum atomic E-state index is 0.178. The summed E-state index contributed by atoms with van der Waals surface area (Å²) in [6, 6.07) is 0. The first-order valence-corrected chi connectivity index (χ1v) is 5.82. The number of H-pyrrole nitrogens is 1. The number of aromatic amines is 1. The van der Waals surface area contributed by atoms with Gasteiger partial charge in [0.25, 0.3) is 5.89 Å². The van der Waals surface area contributed by atoms with Crippen LogP contribution in [0.2, 0.25) is 0 Å². The SMILES string of the molecule is Cc1noc(C(C)C)c1-c1nc(-c2ncn[nH]2)no1. The Balaban J connectivity index is 2.06. The van der Waals surface area contributed by atoms with Crippen LogP contribution in [-0.4, -0.2) is 30.5 Å². The van der Waals surface area contributed by atoms with E-state index in [2.05, 4.69) is 30.5 Å². The largest absolute Gasteiger partial charge is 0.360 e. The van der Waals surface area contributed by atoms with E-state index in [-0.39, 0.29) is 5.92 Å². The van der Waals surface area contributed by atoms with Crippen molar-refractivity contribution in [3.05, 3.63) is 17.8 Å². The topological polar surface area (TPSA) is 107 Å². The number of nitrogens with zero attached hydrogens (tertiary/aromatic N) is 5. The van der Waals surface area contributed by atoms with Crippen LogP contribution in [0.25, 0.3) is 23.1 Å². The monoisotopic (exact) mass is 260 g/mol. The van der Waals surface area contributed by atoms with Gasteiger partial charge in [0.15, 0.2) is 11.6 Å². The first-order chi connectivity index (χ1) is 9.16.